The lowest BCUT2D eigenvalue weighted by Crippen LogP contribution is -2.14. The molecule has 2 aromatic carbocycles. The van der Waals surface area contributed by atoms with Gasteiger partial charge in [-0.05, 0) is 18.1 Å². The molecule has 1 N–H and O–H groups in total. The van der Waals surface area contributed by atoms with E-state index in [0.717, 1.165) is 21.7 Å². The van der Waals surface area contributed by atoms with Crippen LogP contribution in [0.25, 0.3) is 22.3 Å². The van der Waals surface area contributed by atoms with Gasteiger partial charge in [0, 0.05) is 10.4 Å². The van der Waals surface area contributed by atoms with E-state index >= 15 is 0 Å². The largest absolute Gasteiger partial charge is 0.296 e. The molecule has 5 nitrogen and oxygen atoms in total. The Kier molecular flexibility index (Phi) is 4.64. The fourth-order valence-electron chi connectivity index (χ4n) is 2.81. The second kappa shape index (κ2) is 7.25. The van der Waals surface area contributed by atoms with E-state index < -0.39 is 0 Å². The van der Waals surface area contributed by atoms with Gasteiger partial charge in [-0.2, -0.15) is 0 Å². The van der Waals surface area contributed by atoms with Crippen LogP contribution in [0.3, 0.4) is 0 Å². The molecule has 0 saturated heterocycles. The zero-order valence-corrected chi connectivity index (χ0v) is 15.8. The van der Waals surface area contributed by atoms with Gasteiger partial charge < -0.3 is 0 Å². The summed E-state index contributed by atoms with van der Waals surface area (Å²) in [5.41, 5.74) is 3.68. The number of hydrogen-bond acceptors (Lipinski definition) is 5. The van der Waals surface area contributed by atoms with Crippen molar-refractivity contribution < 1.29 is 4.79 Å². The van der Waals surface area contributed by atoms with E-state index in [1.807, 2.05) is 54.6 Å². The number of nitrogens with zero attached hydrogens (tertiary/aromatic N) is 3. The Morgan fingerprint density at radius 3 is 2.41 bits per heavy atom. The molecular weight excluding hydrogens is 356 g/mol. The first-order valence-corrected chi connectivity index (χ1v) is 9.53. The quantitative estimate of drug-likeness (QED) is 0.538. The number of amides is 1. The first kappa shape index (κ1) is 17.3. The van der Waals surface area contributed by atoms with Gasteiger partial charge in [-0.15, -0.1) is 11.3 Å². The SMILES string of the molecule is CC(C)c1sc(NC(=O)c2cnc3ccccc3n2)nc1-c1ccccc1. The molecule has 0 atom stereocenters. The van der Waals surface area contributed by atoms with Gasteiger partial charge in [-0.1, -0.05) is 56.3 Å². The van der Waals surface area contributed by atoms with Crippen molar-refractivity contribution in [3.8, 4) is 11.3 Å². The second-order valence-electron chi connectivity index (χ2n) is 6.45. The molecule has 2 aromatic heterocycles. The number of carbonyl (C=O) groups is 1. The summed E-state index contributed by atoms with van der Waals surface area (Å²) in [5.74, 6) is 0.000685. The monoisotopic (exact) mass is 374 g/mol. The molecule has 0 fully saturated rings. The van der Waals surface area contributed by atoms with Crippen LogP contribution in [-0.2, 0) is 0 Å². The van der Waals surface area contributed by atoms with E-state index in [-0.39, 0.29) is 11.6 Å². The van der Waals surface area contributed by atoms with E-state index in [1.165, 1.54) is 17.5 Å². The molecule has 0 bridgehead atoms. The lowest BCUT2D eigenvalue weighted by atomic mass is 10.1. The van der Waals surface area contributed by atoms with Gasteiger partial charge in [0.1, 0.15) is 5.69 Å². The minimum Gasteiger partial charge on any atom is -0.296 e. The highest BCUT2D eigenvalue weighted by atomic mass is 32.1. The predicted molar refractivity (Wildman–Crippen MR) is 109 cm³/mol. The van der Waals surface area contributed by atoms with E-state index in [4.69, 9.17) is 0 Å². The number of thiazole rings is 1. The van der Waals surface area contributed by atoms with Crippen molar-refractivity contribution in [2.75, 3.05) is 5.32 Å². The maximum atomic E-state index is 12.6. The second-order valence-corrected chi connectivity index (χ2v) is 7.48. The fraction of sp³-hybridized carbons (Fsp3) is 0.143. The third-order valence-electron chi connectivity index (χ3n) is 4.13. The number of anilines is 1. The topological polar surface area (TPSA) is 67.8 Å². The smallest absolute Gasteiger partial charge is 0.277 e. The summed E-state index contributed by atoms with van der Waals surface area (Å²) in [5, 5.41) is 3.44. The van der Waals surface area contributed by atoms with Crippen LogP contribution in [-0.4, -0.2) is 20.9 Å². The Balaban J connectivity index is 1.64. The predicted octanol–water partition coefficient (Wildman–Crippen LogP) is 5.13. The van der Waals surface area contributed by atoms with Gasteiger partial charge in [-0.3, -0.25) is 15.1 Å². The van der Waals surface area contributed by atoms with Crippen LogP contribution >= 0.6 is 11.3 Å². The molecular formula is C21H18N4OS. The Hall–Kier alpha value is -3.12. The summed E-state index contributed by atoms with van der Waals surface area (Å²) in [7, 11) is 0. The van der Waals surface area contributed by atoms with Gasteiger partial charge in [0.05, 0.1) is 22.9 Å². The molecule has 0 radical (unpaired) electrons. The van der Waals surface area contributed by atoms with Gasteiger partial charge in [0.25, 0.3) is 5.91 Å². The van der Waals surface area contributed by atoms with Crippen LogP contribution in [0.4, 0.5) is 5.13 Å². The van der Waals surface area contributed by atoms with Crippen molar-refractivity contribution in [1.29, 1.82) is 0 Å². The average Bonchev–Trinajstić information content (AvgIpc) is 3.12. The number of fused-ring (bicyclic) bond motifs is 1. The van der Waals surface area contributed by atoms with E-state index in [2.05, 4.69) is 34.1 Å². The Morgan fingerprint density at radius 1 is 0.963 bits per heavy atom. The number of hydrogen-bond donors (Lipinski definition) is 1. The molecule has 1 amide bonds. The summed E-state index contributed by atoms with van der Waals surface area (Å²) in [6.45, 7) is 4.25. The third-order valence-corrected chi connectivity index (χ3v) is 5.40. The van der Waals surface area contributed by atoms with Gasteiger partial charge >= 0.3 is 0 Å². The normalized spacial score (nSPS) is 11.1. The molecule has 2 heterocycles. The highest BCUT2D eigenvalue weighted by Crippen LogP contribution is 2.36. The van der Waals surface area contributed by atoms with Crippen molar-refractivity contribution in [2.24, 2.45) is 0 Å². The molecule has 0 unspecified atom stereocenters. The van der Waals surface area contributed by atoms with E-state index in [1.54, 1.807) is 0 Å². The van der Waals surface area contributed by atoms with Crippen molar-refractivity contribution in [3.63, 3.8) is 0 Å². The minimum atomic E-state index is -0.308. The maximum absolute atomic E-state index is 12.6. The van der Waals surface area contributed by atoms with Crippen LogP contribution in [0.2, 0.25) is 0 Å². The summed E-state index contributed by atoms with van der Waals surface area (Å²) in [6.07, 6.45) is 1.49. The summed E-state index contributed by atoms with van der Waals surface area (Å²) in [4.78, 5) is 27.1. The molecule has 4 aromatic rings. The van der Waals surface area contributed by atoms with Gasteiger partial charge in [-0.25, -0.2) is 9.97 Å². The average molecular weight is 374 g/mol. The van der Waals surface area contributed by atoms with Crippen molar-refractivity contribution in [3.05, 3.63) is 71.4 Å². The highest BCUT2D eigenvalue weighted by molar-refractivity contribution is 7.16. The number of nitrogens with one attached hydrogen (secondary N) is 1. The Bertz CT molecular complexity index is 1110. The van der Waals surface area contributed by atoms with E-state index in [0.29, 0.717) is 16.6 Å². The molecule has 0 aliphatic rings. The molecule has 0 aliphatic heterocycles. The van der Waals surface area contributed by atoms with Crippen LogP contribution in [0.1, 0.15) is 35.1 Å². The van der Waals surface area contributed by atoms with Gasteiger partial charge in [0.2, 0.25) is 0 Å². The number of benzene rings is 2. The standard InChI is InChI=1S/C21H18N4OS/c1-13(2)19-18(14-8-4-3-5-9-14)24-21(27-19)25-20(26)17-12-22-15-10-6-7-11-16(15)23-17/h3-13H,1-2H3,(H,24,25,26). The Morgan fingerprint density at radius 2 is 1.67 bits per heavy atom. The molecule has 4 rings (SSSR count). The molecule has 0 aliphatic carbocycles. The maximum Gasteiger partial charge on any atom is 0.277 e. The van der Waals surface area contributed by atoms with Crippen molar-refractivity contribution >= 4 is 33.4 Å². The molecule has 0 spiro atoms. The first-order valence-electron chi connectivity index (χ1n) is 8.71. The summed E-state index contributed by atoms with van der Waals surface area (Å²) in [6, 6.07) is 17.5. The lowest BCUT2D eigenvalue weighted by Gasteiger charge is -2.04. The summed E-state index contributed by atoms with van der Waals surface area (Å²) < 4.78 is 0. The highest BCUT2D eigenvalue weighted by Gasteiger charge is 2.18. The van der Waals surface area contributed by atoms with Crippen molar-refractivity contribution in [2.45, 2.75) is 19.8 Å². The zero-order chi connectivity index (χ0) is 18.8. The molecule has 6 heteroatoms. The number of carbonyl (C=O) groups excluding carboxylic acids is 1. The number of para-hydroxylation sites is 2. The van der Waals surface area contributed by atoms with Gasteiger partial charge in [0.15, 0.2) is 5.13 Å². The molecule has 134 valence electrons. The molecule has 0 saturated carbocycles. The minimum absolute atomic E-state index is 0.274. The first-order chi connectivity index (χ1) is 13.1. The van der Waals surface area contributed by atoms with Crippen molar-refractivity contribution in [1.82, 2.24) is 15.0 Å². The lowest BCUT2D eigenvalue weighted by molar-refractivity contribution is 0.102. The zero-order valence-electron chi connectivity index (χ0n) is 15.0. The van der Waals surface area contributed by atoms with Crippen LogP contribution in [0.5, 0.6) is 0 Å². The number of aromatic nitrogens is 3. The van der Waals surface area contributed by atoms with E-state index in [9.17, 15) is 4.79 Å². The van der Waals surface area contributed by atoms with Crippen LogP contribution < -0.4 is 5.32 Å². The molecule has 27 heavy (non-hydrogen) atoms. The summed E-state index contributed by atoms with van der Waals surface area (Å²) >= 11 is 1.50. The third kappa shape index (κ3) is 3.57. The van der Waals surface area contributed by atoms with Crippen LogP contribution in [0.15, 0.2) is 60.8 Å². The number of rotatable bonds is 4. The van der Waals surface area contributed by atoms with Crippen LogP contribution in [0, 0.1) is 0 Å². The fourth-order valence-corrected chi connectivity index (χ4v) is 3.79. The Labute approximate surface area is 161 Å².